The van der Waals surface area contributed by atoms with Crippen LogP contribution >= 0.6 is 0 Å². The molecule has 1 fully saturated rings. The number of benzene rings is 1. The lowest BCUT2D eigenvalue weighted by Gasteiger charge is -2.31. The molecule has 0 spiro atoms. The largest absolute Gasteiger partial charge is 0.444 e. The fourth-order valence-electron chi connectivity index (χ4n) is 5.23. The molecule has 0 radical (unpaired) electrons. The Labute approximate surface area is 218 Å². The van der Waals surface area contributed by atoms with Crippen LogP contribution in [0.5, 0.6) is 0 Å². The van der Waals surface area contributed by atoms with Crippen molar-refractivity contribution in [1.82, 2.24) is 19.4 Å². The highest BCUT2D eigenvalue weighted by Gasteiger charge is 2.33. The van der Waals surface area contributed by atoms with Gasteiger partial charge in [-0.05, 0) is 84.7 Å². The monoisotopic (exact) mass is 508 g/mol. The number of hydrogen-bond donors (Lipinski definition) is 0. The van der Waals surface area contributed by atoms with Gasteiger partial charge in [0.05, 0.1) is 23.0 Å². The number of amides is 2. The summed E-state index contributed by atoms with van der Waals surface area (Å²) >= 11 is 0. The standard InChI is InChI=1S/C29H37FN4O3/c1-18(2)34(19(3)4)27(35)23-14-21(30)8-9-25(23)33-17-24(22-10-12-31-15-26(22)33)20-11-13-32(16-20)28(36)37-29(5,6)7/h8-10,12,14-15,17-20H,11,13,16H2,1-7H3. The van der Waals surface area contributed by atoms with Crippen molar-refractivity contribution in [2.45, 2.75) is 78.5 Å². The molecular weight excluding hydrogens is 471 g/mol. The van der Waals surface area contributed by atoms with E-state index in [2.05, 4.69) is 4.98 Å². The van der Waals surface area contributed by atoms with Gasteiger partial charge in [0.25, 0.3) is 5.91 Å². The summed E-state index contributed by atoms with van der Waals surface area (Å²) in [4.78, 5) is 34.2. The number of fused-ring (bicyclic) bond motifs is 1. The Kier molecular flexibility index (Phi) is 7.31. The van der Waals surface area contributed by atoms with E-state index < -0.39 is 11.4 Å². The molecule has 1 aliphatic rings. The summed E-state index contributed by atoms with van der Waals surface area (Å²) < 4.78 is 22.0. The molecule has 7 nitrogen and oxygen atoms in total. The van der Waals surface area contributed by atoms with Gasteiger partial charge in [0.15, 0.2) is 0 Å². The van der Waals surface area contributed by atoms with E-state index in [4.69, 9.17) is 4.74 Å². The minimum absolute atomic E-state index is 0.0421. The summed E-state index contributed by atoms with van der Waals surface area (Å²) in [7, 11) is 0. The van der Waals surface area contributed by atoms with E-state index in [0.29, 0.717) is 24.3 Å². The summed E-state index contributed by atoms with van der Waals surface area (Å²) in [6, 6.07) is 6.22. The Morgan fingerprint density at radius 2 is 1.84 bits per heavy atom. The number of likely N-dealkylation sites (tertiary alicyclic amines) is 1. The van der Waals surface area contributed by atoms with Crippen LogP contribution in [0.2, 0.25) is 0 Å². The maximum atomic E-state index is 14.4. The molecular formula is C29H37FN4O3. The van der Waals surface area contributed by atoms with Crippen molar-refractivity contribution in [3.05, 3.63) is 59.8 Å². The Hall–Kier alpha value is -3.42. The summed E-state index contributed by atoms with van der Waals surface area (Å²) in [6.07, 6.45) is 6.00. The van der Waals surface area contributed by atoms with E-state index in [1.165, 1.54) is 12.1 Å². The van der Waals surface area contributed by atoms with E-state index in [0.717, 1.165) is 22.9 Å². The number of halogens is 1. The number of carbonyl (C=O) groups is 2. The fraction of sp³-hybridized carbons (Fsp3) is 0.483. The molecule has 8 heteroatoms. The number of carbonyl (C=O) groups excluding carboxylic acids is 2. The van der Waals surface area contributed by atoms with Gasteiger partial charge in [-0.2, -0.15) is 0 Å². The molecule has 0 saturated carbocycles. The Morgan fingerprint density at radius 3 is 2.49 bits per heavy atom. The molecule has 0 aliphatic carbocycles. The van der Waals surface area contributed by atoms with Gasteiger partial charge in [-0.1, -0.05) is 0 Å². The van der Waals surface area contributed by atoms with Gasteiger partial charge < -0.3 is 19.1 Å². The lowest BCUT2D eigenvalue weighted by Crippen LogP contribution is -2.42. The van der Waals surface area contributed by atoms with Crippen molar-refractivity contribution >= 4 is 22.9 Å². The summed E-state index contributed by atoms with van der Waals surface area (Å²) in [5.74, 6) is -0.581. The first-order chi connectivity index (χ1) is 17.4. The molecule has 198 valence electrons. The molecule has 0 N–H and O–H groups in total. The molecule has 2 aromatic heterocycles. The van der Waals surface area contributed by atoms with E-state index in [9.17, 15) is 14.0 Å². The number of hydrogen-bond acceptors (Lipinski definition) is 4. The molecule has 1 saturated heterocycles. The third-order valence-electron chi connectivity index (χ3n) is 6.71. The highest BCUT2D eigenvalue weighted by molar-refractivity contribution is 5.99. The second-order valence-electron chi connectivity index (χ2n) is 11.3. The highest BCUT2D eigenvalue weighted by Crippen LogP contribution is 2.36. The van der Waals surface area contributed by atoms with Crippen molar-refractivity contribution in [3.8, 4) is 5.69 Å². The highest BCUT2D eigenvalue weighted by atomic mass is 19.1. The van der Waals surface area contributed by atoms with Gasteiger partial charge in [0, 0.05) is 48.9 Å². The number of aromatic nitrogens is 2. The molecule has 1 aliphatic heterocycles. The van der Waals surface area contributed by atoms with Crippen LogP contribution in [0.3, 0.4) is 0 Å². The minimum atomic E-state index is -0.553. The minimum Gasteiger partial charge on any atom is -0.444 e. The lowest BCUT2D eigenvalue weighted by atomic mass is 9.98. The molecule has 0 bridgehead atoms. The van der Waals surface area contributed by atoms with Crippen LogP contribution in [0, 0.1) is 5.82 Å². The van der Waals surface area contributed by atoms with Gasteiger partial charge in [-0.15, -0.1) is 0 Å². The van der Waals surface area contributed by atoms with E-state index in [-0.39, 0.29) is 30.0 Å². The molecule has 2 amide bonds. The fourth-order valence-corrected chi connectivity index (χ4v) is 5.23. The van der Waals surface area contributed by atoms with Gasteiger partial charge in [0.1, 0.15) is 11.4 Å². The molecule has 1 unspecified atom stereocenters. The molecule has 37 heavy (non-hydrogen) atoms. The van der Waals surface area contributed by atoms with Gasteiger partial charge in [0.2, 0.25) is 0 Å². The Morgan fingerprint density at radius 1 is 1.14 bits per heavy atom. The van der Waals surface area contributed by atoms with Crippen LogP contribution in [0.15, 0.2) is 42.9 Å². The maximum absolute atomic E-state index is 14.4. The van der Waals surface area contributed by atoms with Crippen molar-refractivity contribution in [2.75, 3.05) is 13.1 Å². The topological polar surface area (TPSA) is 67.7 Å². The predicted octanol–water partition coefficient (Wildman–Crippen LogP) is 6.15. The average molecular weight is 509 g/mol. The SMILES string of the molecule is CC(C)N(C(=O)c1cc(F)ccc1-n1cc(C2CCN(C(=O)OC(C)(C)C)C2)c2ccncc21)C(C)C. The third kappa shape index (κ3) is 5.48. The van der Waals surface area contributed by atoms with E-state index >= 15 is 0 Å². The van der Waals surface area contributed by atoms with Crippen molar-refractivity contribution in [1.29, 1.82) is 0 Å². The first kappa shape index (κ1) is 26.6. The molecule has 3 heterocycles. The van der Waals surface area contributed by atoms with Crippen LogP contribution in [-0.2, 0) is 4.74 Å². The van der Waals surface area contributed by atoms with Crippen LogP contribution < -0.4 is 0 Å². The first-order valence-corrected chi connectivity index (χ1v) is 12.9. The molecule has 3 aromatic rings. The van der Waals surface area contributed by atoms with Crippen LogP contribution in [0.25, 0.3) is 16.6 Å². The number of ether oxygens (including phenoxy) is 1. The van der Waals surface area contributed by atoms with Crippen molar-refractivity contribution in [3.63, 3.8) is 0 Å². The van der Waals surface area contributed by atoms with Crippen molar-refractivity contribution in [2.24, 2.45) is 0 Å². The maximum Gasteiger partial charge on any atom is 0.410 e. The zero-order valence-corrected chi connectivity index (χ0v) is 22.8. The Bertz CT molecular complexity index is 1300. The normalized spacial score (nSPS) is 16.2. The van der Waals surface area contributed by atoms with Crippen LogP contribution in [0.4, 0.5) is 9.18 Å². The van der Waals surface area contributed by atoms with E-state index in [1.807, 2.05) is 65.3 Å². The van der Waals surface area contributed by atoms with E-state index in [1.54, 1.807) is 28.3 Å². The molecule has 4 rings (SSSR count). The quantitative estimate of drug-likeness (QED) is 0.415. The smallest absolute Gasteiger partial charge is 0.410 e. The Balaban J connectivity index is 1.76. The second kappa shape index (κ2) is 10.1. The number of rotatable bonds is 5. The van der Waals surface area contributed by atoms with Gasteiger partial charge in [-0.25, -0.2) is 9.18 Å². The first-order valence-electron chi connectivity index (χ1n) is 12.9. The second-order valence-corrected chi connectivity index (χ2v) is 11.3. The molecule has 1 aromatic carbocycles. The van der Waals surface area contributed by atoms with Gasteiger partial charge in [-0.3, -0.25) is 9.78 Å². The average Bonchev–Trinajstić information content (AvgIpc) is 3.43. The predicted molar refractivity (Wildman–Crippen MR) is 143 cm³/mol. The number of pyridine rings is 1. The zero-order chi connectivity index (χ0) is 27.1. The summed E-state index contributed by atoms with van der Waals surface area (Å²) in [5.41, 5.74) is 2.24. The lowest BCUT2D eigenvalue weighted by molar-refractivity contribution is 0.0292. The van der Waals surface area contributed by atoms with Crippen molar-refractivity contribution < 1.29 is 18.7 Å². The number of nitrogens with zero attached hydrogens (tertiary/aromatic N) is 4. The third-order valence-corrected chi connectivity index (χ3v) is 6.71. The van der Waals surface area contributed by atoms with Crippen LogP contribution in [-0.4, -0.2) is 62.1 Å². The summed E-state index contributed by atoms with van der Waals surface area (Å²) in [5, 5.41) is 0.998. The zero-order valence-electron chi connectivity index (χ0n) is 22.8. The van der Waals surface area contributed by atoms with Gasteiger partial charge >= 0.3 is 6.09 Å². The summed E-state index contributed by atoms with van der Waals surface area (Å²) in [6.45, 7) is 14.6. The molecule has 1 atom stereocenters. The van der Waals surface area contributed by atoms with Crippen LogP contribution in [0.1, 0.15) is 76.7 Å².